The van der Waals surface area contributed by atoms with Crippen LogP contribution in [0.25, 0.3) is 0 Å². The van der Waals surface area contributed by atoms with Gasteiger partial charge in [0.15, 0.2) is 0 Å². The van der Waals surface area contributed by atoms with Crippen molar-refractivity contribution in [3.05, 3.63) is 28.3 Å². The molecule has 0 aliphatic heterocycles. The Morgan fingerprint density at radius 1 is 1.44 bits per heavy atom. The zero-order valence-corrected chi connectivity index (χ0v) is 11.4. The fraction of sp³-hybridized carbons (Fsp3) is 0.545. The summed E-state index contributed by atoms with van der Waals surface area (Å²) in [5, 5.41) is 13.1. The van der Waals surface area contributed by atoms with Gasteiger partial charge in [0.25, 0.3) is 0 Å². The van der Waals surface area contributed by atoms with E-state index in [4.69, 9.17) is 17.3 Å². The minimum atomic E-state index is 0.575. The fourth-order valence-corrected chi connectivity index (χ4v) is 2.04. The van der Waals surface area contributed by atoms with Crippen LogP contribution in [0.3, 0.4) is 0 Å². The van der Waals surface area contributed by atoms with Gasteiger partial charge in [-0.05, 0) is 26.3 Å². The van der Waals surface area contributed by atoms with E-state index in [-0.39, 0.29) is 0 Å². The molecule has 0 aliphatic carbocycles. The molecule has 0 fully saturated rings. The highest BCUT2D eigenvalue weighted by atomic mass is 35.5. The second-order valence-corrected chi connectivity index (χ2v) is 4.65. The van der Waals surface area contributed by atoms with E-state index >= 15 is 0 Å². The van der Waals surface area contributed by atoms with Crippen LogP contribution < -0.4 is 5.73 Å². The molecule has 0 spiro atoms. The van der Waals surface area contributed by atoms with Gasteiger partial charge >= 0.3 is 0 Å². The zero-order chi connectivity index (χ0) is 13.1. The normalized spacial score (nSPS) is 11.1. The van der Waals surface area contributed by atoms with Crippen molar-refractivity contribution >= 4 is 11.6 Å². The molecule has 7 heteroatoms. The lowest BCUT2D eigenvalue weighted by Crippen LogP contribution is -2.06. The minimum absolute atomic E-state index is 0.575. The van der Waals surface area contributed by atoms with Crippen molar-refractivity contribution in [1.29, 1.82) is 0 Å². The highest BCUT2D eigenvalue weighted by molar-refractivity contribution is 6.31. The average Bonchev–Trinajstić information content (AvgIpc) is 2.88. The van der Waals surface area contributed by atoms with Crippen molar-refractivity contribution in [3.63, 3.8) is 0 Å². The molecular weight excluding hydrogens is 252 g/mol. The van der Waals surface area contributed by atoms with Crippen molar-refractivity contribution in [2.75, 3.05) is 6.54 Å². The van der Waals surface area contributed by atoms with Gasteiger partial charge in [-0.1, -0.05) is 16.8 Å². The van der Waals surface area contributed by atoms with Gasteiger partial charge in [0.05, 0.1) is 28.6 Å². The van der Waals surface area contributed by atoms with Gasteiger partial charge in [-0.3, -0.25) is 4.68 Å². The van der Waals surface area contributed by atoms with Crippen LogP contribution in [-0.4, -0.2) is 31.3 Å². The predicted molar refractivity (Wildman–Crippen MR) is 69.5 cm³/mol. The van der Waals surface area contributed by atoms with E-state index in [9.17, 15) is 0 Å². The lowest BCUT2D eigenvalue weighted by atomic mass is 10.2. The van der Waals surface area contributed by atoms with E-state index in [0.29, 0.717) is 18.1 Å². The highest BCUT2D eigenvalue weighted by Gasteiger charge is 2.12. The third kappa shape index (κ3) is 2.70. The standard InChI is InChI=1S/C11H17ClN6/c1-8-11(12)10(17(2)15-8)7-18-6-9(14-16-18)4-3-5-13/h6H,3-5,7,13H2,1-2H3. The van der Waals surface area contributed by atoms with Crippen LogP contribution in [0.4, 0.5) is 0 Å². The summed E-state index contributed by atoms with van der Waals surface area (Å²) in [6, 6.07) is 0. The summed E-state index contributed by atoms with van der Waals surface area (Å²) in [5.74, 6) is 0. The van der Waals surface area contributed by atoms with E-state index in [1.807, 2.05) is 20.2 Å². The average molecular weight is 269 g/mol. The number of nitrogens with two attached hydrogens (primary N) is 1. The first-order valence-electron chi connectivity index (χ1n) is 5.89. The zero-order valence-electron chi connectivity index (χ0n) is 10.6. The molecule has 2 N–H and O–H groups in total. The van der Waals surface area contributed by atoms with E-state index in [1.165, 1.54) is 0 Å². The maximum Gasteiger partial charge on any atom is 0.0866 e. The molecule has 2 heterocycles. The van der Waals surface area contributed by atoms with Crippen molar-refractivity contribution in [1.82, 2.24) is 24.8 Å². The Kier molecular flexibility index (Phi) is 3.98. The van der Waals surface area contributed by atoms with Gasteiger partial charge in [-0.15, -0.1) is 5.10 Å². The molecule has 0 bridgehead atoms. The molecule has 98 valence electrons. The number of aryl methyl sites for hydroxylation is 3. The molecule has 2 aromatic rings. The van der Waals surface area contributed by atoms with Crippen molar-refractivity contribution in [2.45, 2.75) is 26.3 Å². The summed E-state index contributed by atoms with van der Waals surface area (Å²) in [5.41, 5.74) is 8.19. The first kappa shape index (κ1) is 13.0. The fourth-order valence-electron chi connectivity index (χ4n) is 1.82. The first-order valence-corrected chi connectivity index (χ1v) is 6.26. The molecular formula is C11H17ClN6. The molecule has 0 saturated heterocycles. The Morgan fingerprint density at radius 2 is 2.22 bits per heavy atom. The highest BCUT2D eigenvalue weighted by Crippen LogP contribution is 2.20. The van der Waals surface area contributed by atoms with Gasteiger partial charge in [-0.25, -0.2) is 4.68 Å². The lowest BCUT2D eigenvalue weighted by molar-refractivity contribution is 0.599. The Bertz CT molecular complexity index is 530. The van der Waals surface area contributed by atoms with Crippen LogP contribution in [0.5, 0.6) is 0 Å². The van der Waals surface area contributed by atoms with Crippen molar-refractivity contribution < 1.29 is 0 Å². The third-order valence-corrected chi connectivity index (χ3v) is 3.29. The number of rotatable bonds is 5. The van der Waals surface area contributed by atoms with Gasteiger partial charge in [0.2, 0.25) is 0 Å². The van der Waals surface area contributed by atoms with E-state index in [2.05, 4.69) is 15.4 Å². The third-order valence-electron chi connectivity index (χ3n) is 2.80. The number of hydrogen-bond acceptors (Lipinski definition) is 4. The van der Waals surface area contributed by atoms with Crippen LogP contribution in [0.2, 0.25) is 5.02 Å². The van der Waals surface area contributed by atoms with Gasteiger partial charge < -0.3 is 5.73 Å². The largest absolute Gasteiger partial charge is 0.330 e. The summed E-state index contributed by atoms with van der Waals surface area (Å²) < 4.78 is 3.55. The molecule has 0 aromatic carbocycles. The summed E-state index contributed by atoms with van der Waals surface area (Å²) in [4.78, 5) is 0. The summed E-state index contributed by atoms with van der Waals surface area (Å²) >= 11 is 6.19. The van der Waals surface area contributed by atoms with Gasteiger partial charge in [0, 0.05) is 13.2 Å². The second kappa shape index (κ2) is 5.49. The number of nitrogens with zero attached hydrogens (tertiary/aromatic N) is 5. The number of hydrogen-bond donors (Lipinski definition) is 1. The molecule has 0 saturated carbocycles. The van der Waals surface area contributed by atoms with Crippen LogP contribution in [0.1, 0.15) is 23.5 Å². The molecule has 2 rings (SSSR count). The summed E-state index contributed by atoms with van der Waals surface area (Å²) in [6.45, 7) is 3.13. The van der Waals surface area contributed by atoms with Gasteiger partial charge in [0.1, 0.15) is 0 Å². The molecule has 0 aliphatic rings. The molecule has 2 aromatic heterocycles. The van der Waals surface area contributed by atoms with E-state index in [0.717, 1.165) is 29.9 Å². The quantitative estimate of drug-likeness (QED) is 0.875. The SMILES string of the molecule is Cc1nn(C)c(Cn2cc(CCCN)nn2)c1Cl. The maximum absolute atomic E-state index is 6.19. The van der Waals surface area contributed by atoms with Gasteiger partial charge in [-0.2, -0.15) is 5.10 Å². The Balaban J connectivity index is 2.11. The Morgan fingerprint density at radius 3 is 2.83 bits per heavy atom. The Hall–Kier alpha value is -1.40. The molecule has 0 radical (unpaired) electrons. The van der Waals surface area contributed by atoms with E-state index in [1.54, 1.807) is 9.36 Å². The minimum Gasteiger partial charge on any atom is -0.330 e. The van der Waals surface area contributed by atoms with Crippen molar-refractivity contribution in [2.24, 2.45) is 12.8 Å². The van der Waals surface area contributed by atoms with Crippen LogP contribution in [0.15, 0.2) is 6.20 Å². The molecule has 6 nitrogen and oxygen atoms in total. The lowest BCUT2D eigenvalue weighted by Gasteiger charge is -2.01. The van der Waals surface area contributed by atoms with Crippen molar-refractivity contribution in [3.8, 4) is 0 Å². The smallest absolute Gasteiger partial charge is 0.0866 e. The summed E-state index contributed by atoms with van der Waals surface area (Å²) in [7, 11) is 1.88. The monoisotopic (exact) mass is 268 g/mol. The van der Waals surface area contributed by atoms with E-state index < -0.39 is 0 Å². The molecule has 0 unspecified atom stereocenters. The number of halogens is 1. The van der Waals surface area contributed by atoms with Crippen LogP contribution in [-0.2, 0) is 20.0 Å². The molecule has 18 heavy (non-hydrogen) atoms. The molecule has 0 atom stereocenters. The topological polar surface area (TPSA) is 74.5 Å². The maximum atomic E-state index is 6.19. The first-order chi connectivity index (χ1) is 8.61. The summed E-state index contributed by atoms with van der Waals surface area (Å²) in [6.07, 6.45) is 3.70. The number of aromatic nitrogens is 5. The predicted octanol–water partition coefficient (Wildman–Crippen LogP) is 0.913. The second-order valence-electron chi connectivity index (χ2n) is 4.27. The Labute approximate surface area is 111 Å². The van der Waals surface area contributed by atoms with Crippen LogP contribution >= 0.6 is 11.6 Å². The van der Waals surface area contributed by atoms with Crippen LogP contribution in [0, 0.1) is 6.92 Å². The molecule has 0 amide bonds.